The molecule has 0 amide bonds. The molecule has 1 fully saturated rings. The van der Waals surface area contributed by atoms with Gasteiger partial charge in [-0.2, -0.15) is 0 Å². The van der Waals surface area contributed by atoms with Gasteiger partial charge in [0.1, 0.15) is 0 Å². The lowest BCUT2D eigenvalue weighted by atomic mass is 10.1. The third-order valence-corrected chi connectivity index (χ3v) is 2.33. The van der Waals surface area contributed by atoms with Crippen LogP contribution >= 0.6 is 0 Å². The zero-order valence-corrected chi connectivity index (χ0v) is 9.91. The quantitative estimate of drug-likeness (QED) is 0.758. The summed E-state index contributed by atoms with van der Waals surface area (Å²) in [6.45, 7) is 6.13. The van der Waals surface area contributed by atoms with Crippen molar-refractivity contribution in [1.29, 1.82) is 0 Å². The summed E-state index contributed by atoms with van der Waals surface area (Å²) < 4.78 is 5.13. The number of benzene rings is 1. The smallest absolute Gasteiger partial charge is 0.0681 e. The Morgan fingerprint density at radius 2 is 2.19 bits per heavy atom. The Hall–Kier alpha value is -0.900. The molecule has 1 saturated heterocycles. The van der Waals surface area contributed by atoms with Crippen LogP contribution in [0, 0.1) is 6.92 Å². The molecule has 3 nitrogen and oxygen atoms in total. The Bertz CT molecular complexity index is 269. The van der Waals surface area contributed by atoms with Gasteiger partial charge in [0, 0.05) is 13.2 Å². The van der Waals surface area contributed by atoms with E-state index in [1.54, 1.807) is 0 Å². The highest BCUT2D eigenvalue weighted by atomic mass is 16.5. The molecule has 0 spiro atoms. The third-order valence-electron chi connectivity index (χ3n) is 2.33. The Balaban J connectivity index is 0.000000165. The highest BCUT2D eigenvalue weighted by Gasteiger charge is 1.93. The Morgan fingerprint density at radius 1 is 1.31 bits per heavy atom. The van der Waals surface area contributed by atoms with Crippen LogP contribution in [0.3, 0.4) is 0 Å². The number of ether oxygens (including phenoxy) is 1. The monoisotopic (exact) mass is 223 g/mol. The van der Waals surface area contributed by atoms with E-state index < -0.39 is 0 Å². The predicted octanol–water partition coefficient (Wildman–Crippen LogP) is 1.48. The van der Waals surface area contributed by atoms with Gasteiger partial charge in [0.05, 0.1) is 13.2 Å². The lowest BCUT2D eigenvalue weighted by Crippen LogP contribution is -2.15. The zero-order chi connectivity index (χ0) is 11.6. The molecule has 0 saturated carbocycles. The second-order valence-electron chi connectivity index (χ2n) is 3.86. The van der Waals surface area contributed by atoms with Crippen molar-refractivity contribution < 1.29 is 9.84 Å². The summed E-state index contributed by atoms with van der Waals surface area (Å²) in [4.78, 5) is 0. The van der Waals surface area contributed by atoms with Crippen LogP contribution < -0.4 is 5.32 Å². The molecule has 1 heterocycles. The number of nitrogens with one attached hydrogen (secondary N) is 1. The highest BCUT2D eigenvalue weighted by molar-refractivity contribution is 5.21. The van der Waals surface area contributed by atoms with Crippen LogP contribution in [-0.4, -0.2) is 31.4 Å². The second kappa shape index (κ2) is 8.28. The number of hydrogen-bond donors (Lipinski definition) is 2. The fourth-order valence-electron chi connectivity index (χ4n) is 1.48. The van der Waals surface area contributed by atoms with Crippen LogP contribution in [0.2, 0.25) is 0 Å². The average molecular weight is 223 g/mol. The van der Waals surface area contributed by atoms with Crippen molar-refractivity contribution in [2.75, 3.05) is 26.3 Å². The molecule has 2 rings (SSSR count). The van der Waals surface area contributed by atoms with Crippen LogP contribution in [0.5, 0.6) is 0 Å². The molecule has 0 bridgehead atoms. The van der Waals surface area contributed by atoms with Gasteiger partial charge in [-0.25, -0.2) is 0 Å². The lowest BCUT2D eigenvalue weighted by molar-refractivity contribution is 0.151. The summed E-state index contributed by atoms with van der Waals surface area (Å²) in [6.07, 6.45) is 1.17. The van der Waals surface area contributed by atoms with Gasteiger partial charge in [0.15, 0.2) is 0 Å². The SMILES string of the molecule is C1CNCCOC1.Cc1cccc(CO)c1. The molecule has 0 unspecified atom stereocenters. The fraction of sp³-hybridized carbons (Fsp3) is 0.538. The third kappa shape index (κ3) is 5.85. The maximum Gasteiger partial charge on any atom is 0.0681 e. The van der Waals surface area contributed by atoms with Crippen molar-refractivity contribution in [2.45, 2.75) is 20.0 Å². The molecular weight excluding hydrogens is 202 g/mol. The minimum absolute atomic E-state index is 0.141. The first-order chi connectivity index (χ1) is 7.83. The first-order valence-electron chi connectivity index (χ1n) is 5.78. The Labute approximate surface area is 97.4 Å². The van der Waals surface area contributed by atoms with Gasteiger partial charge in [0.2, 0.25) is 0 Å². The molecular formula is C13H21NO2. The van der Waals surface area contributed by atoms with Crippen LogP contribution in [0.4, 0.5) is 0 Å². The number of aryl methyl sites for hydroxylation is 1. The Kier molecular flexibility index (Phi) is 6.81. The average Bonchev–Trinajstić information content (AvgIpc) is 2.61. The zero-order valence-electron chi connectivity index (χ0n) is 9.91. The van der Waals surface area contributed by atoms with E-state index in [1.807, 2.05) is 31.2 Å². The van der Waals surface area contributed by atoms with Gasteiger partial charge in [-0.3, -0.25) is 0 Å². The first-order valence-corrected chi connectivity index (χ1v) is 5.78. The summed E-state index contributed by atoms with van der Waals surface area (Å²) >= 11 is 0. The fourth-order valence-corrected chi connectivity index (χ4v) is 1.48. The highest BCUT2D eigenvalue weighted by Crippen LogP contribution is 2.02. The molecule has 16 heavy (non-hydrogen) atoms. The molecule has 90 valence electrons. The van der Waals surface area contributed by atoms with E-state index in [0.29, 0.717) is 0 Å². The van der Waals surface area contributed by atoms with Crippen molar-refractivity contribution in [3.8, 4) is 0 Å². The number of aliphatic hydroxyl groups excluding tert-OH is 1. The minimum Gasteiger partial charge on any atom is -0.392 e. The number of aliphatic hydroxyl groups is 1. The summed E-state index contributed by atoms with van der Waals surface area (Å²) in [5.41, 5.74) is 2.18. The summed E-state index contributed by atoms with van der Waals surface area (Å²) in [5, 5.41) is 11.9. The van der Waals surface area contributed by atoms with Crippen LogP contribution in [-0.2, 0) is 11.3 Å². The summed E-state index contributed by atoms with van der Waals surface area (Å²) in [6, 6.07) is 7.84. The van der Waals surface area contributed by atoms with E-state index in [2.05, 4.69) is 5.32 Å². The first kappa shape index (κ1) is 13.2. The van der Waals surface area contributed by atoms with E-state index in [4.69, 9.17) is 9.84 Å². The van der Waals surface area contributed by atoms with E-state index in [9.17, 15) is 0 Å². The maximum absolute atomic E-state index is 8.66. The molecule has 0 atom stereocenters. The van der Waals surface area contributed by atoms with Crippen molar-refractivity contribution in [3.63, 3.8) is 0 Å². The molecule has 3 heteroatoms. The van der Waals surface area contributed by atoms with Crippen molar-refractivity contribution in [1.82, 2.24) is 5.32 Å². The number of hydrogen-bond acceptors (Lipinski definition) is 3. The van der Waals surface area contributed by atoms with Gasteiger partial charge < -0.3 is 15.2 Å². The van der Waals surface area contributed by atoms with E-state index in [-0.39, 0.29) is 6.61 Å². The van der Waals surface area contributed by atoms with Crippen LogP contribution in [0.15, 0.2) is 24.3 Å². The summed E-state index contributed by atoms with van der Waals surface area (Å²) in [7, 11) is 0. The standard InChI is InChI=1S/C8H10O.C5H11NO/c1-7-3-2-4-8(5-7)6-9;1-2-6-3-5-7-4-1/h2-5,9H,6H2,1H3;6H,1-5H2. The van der Waals surface area contributed by atoms with E-state index in [1.165, 1.54) is 12.0 Å². The Morgan fingerprint density at radius 3 is 2.88 bits per heavy atom. The van der Waals surface area contributed by atoms with Crippen LogP contribution in [0.25, 0.3) is 0 Å². The van der Waals surface area contributed by atoms with Crippen molar-refractivity contribution >= 4 is 0 Å². The number of rotatable bonds is 1. The lowest BCUT2D eigenvalue weighted by Gasteiger charge is -1.94. The molecule has 2 N–H and O–H groups in total. The normalized spacial score (nSPS) is 15.9. The molecule has 1 aromatic rings. The van der Waals surface area contributed by atoms with Crippen molar-refractivity contribution in [3.05, 3.63) is 35.4 Å². The molecule has 1 aliphatic rings. The van der Waals surface area contributed by atoms with Gasteiger partial charge in [-0.1, -0.05) is 29.8 Å². The van der Waals surface area contributed by atoms with Gasteiger partial charge in [-0.15, -0.1) is 0 Å². The van der Waals surface area contributed by atoms with Crippen molar-refractivity contribution in [2.24, 2.45) is 0 Å². The topological polar surface area (TPSA) is 41.5 Å². The second-order valence-corrected chi connectivity index (χ2v) is 3.86. The molecule has 0 aromatic heterocycles. The minimum atomic E-state index is 0.141. The van der Waals surface area contributed by atoms with E-state index in [0.717, 1.165) is 31.9 Å². The van der Waals surface area contributed by atoms with Crippen LogP contribution in [0.1, 0.15) is 17.5 Å². The predicted molar refractivity (Wildman–Crippen MR) is 65.4 cm³/mol. The summed E-state index contributed by atoms with van der Waals surface area (Å²) in [5.74, 6) is 0. The largest absolute Gasteiger partial charge is 0.392 e. The van der Waals surface area contributed by atoms with Gasteiger partial charge >= 0.3 is 0 Å². The molecule has 0 aliphatic carbocycles. The van der Waals surface area contributed by atoms with Gasteiger partial charge in [0.25, 0.3) is 0 Å². The molecule has 0 radical (unpaired) electrons. The van der Waals surface area contributed by atoms with Gasteiger partial charge in [-0.05, 0) is 25.5 Å². The molecule has 1 aliphatic heterocycles. The van der Waals surface area contributed by atoms with E-state index >= 15 is 0 Å². The maximum atomic E-state index is 8.66. The molecule has 1 aromatic carbocycles.